The second kappa shape index (κ2) is 8.37. The van der Waals surface area contributed by atoms with Crippen LogP contribution in [0.4, 0.5) is 0 Å². The molecule has 2 aromatic carbocycles. The van der Waals surface area contributed by atoms with Gasteiger partial charge < -0.3 is 9.84 Å². The number of hydrogen-bond acceptors (Lipinski definition) is 4. The lowest BCUT2D eigenvalue weighted by molar-refractivity contribution is 0.0948. The second-order valence-electron chi connectivity index (χ2n) is 7.49. The van der Waals surface area contributed by atoms with Gasteiger partial charge in [-0.05, 0) is 19.1 Å². The van der Waals surface area contributed by atoms with Crippen LogP contribution in [-0.2, 0) is 6.54 Å². The number of rotatable bonds is 6. The van der Waals surface area contributed by atoms with Gasteiger partial charge in [-0.25, -0.2) is 4.68 Å². The molecule has 30 heavy (non-hydrogen) atoms. The third kappa shape index (κ3) is 3.89. The number of amides is 1. The van der Waals surface area contributed by atoms with E-state index in [0.29, 0.717) is 23.6 Å². The van der Waals surface area contributed by atoms with Crippen molar-refractivity contribution in [3.63, 3.8) is 0 Å². The number of hydrogen-bond donors (Lipinski definition) is 1. The fourth-order valence-electron chi connectivity index (χ4n) is 3.41. The fourth-order valence-corrected chi connectivity index (χ4v) is 3.41. The Kier molecular flexibility index (Phi) is 5.48. The largest absolute Gasteiger partial charge is 0.360 e. The highest BCUT2D eigenvalue weighted by Crippen LogP contribution is 2.25. The highest BCUT2D eigenvalue weighted by molar-refractivity contribution is 5.96. The van der Waals surface area contributed by atoms with Crippen LogP contribution in [0.1, 0.15) is 47.1 Å². The summed E-state index contributed by atoms with van der Waals surface area (Å²) in [5.74, 6) is 0.491. The molecule has 4 aromatic rings. The third-order valence-corrected chi connectivity index (χ3v) is 4.94. The summed E-state index contributed by atoms with van der Waals surface area (Å²) in [5, 5.41) is 11.8. The molecule has 152 valence electrons. The molecule has 0 bridgehead atoms. The lowest BCUT2D eigenvalue weighted by Gasteiger charge is -2.07. The van der Waals surface area contributed by atoms with E-state index < -0.39 is 0 Å². The van der Waals surface area contributed by atoms with E-state index in [-0.39, 0.29) is 11.8 Å². The Morgan fingerprint density at radius 3 is 2.40 bits per heavy atom. The van der Waals surface area contributed by atoms with Crippen molar-refractivity contribution >= 4 is 5.91 Å². The zero-order chi connectivity index (χ0) is 21.1. The molecular formula is C24H24N4O2. The van der Waals surface area contributed by atoms with Gasteiger partial charge in [0.05, 0.1) is 17.1 Å². The lowest BCUT2D eigenvalue weighted by Crippen LogP contribution is -2.24. The Morgan fingerprint density at radius 2 is 1.73 bits per heavy atom. The van der Waals surface area contributed by atoms with Gasteiger partial charge in [-0.15, -0.1) is 0 Å². The van der Waals surface area contributed by atoms with Crippen LogP contribution >= 0.6 is 0 Å². The Morgan fingerprint density at radius 1 is 1.07 bits per heavy atom. The number of carbonyl (C=O) groups is 1. The number of para-hydroxylation sites is 1. The Balaban J connectivity index is 1.64. The molecule has 0 saturated carbocycles. The monoisotopic (exact) mass is 400 g/mol. The van der Waals surface area contributed by atoms with E-state index in [1.807, 2.05) is 85.4 Å². The minimum Gasteiger partial charge on any atom is -0.360 e. The number of carbonyl (C=O) groups excluding carboxylic acids is 1. The Bertz CT molecular complexity index is 1140. The molecule has 0 atom stereocenters. The summed E-state index contributed by atoms with van der Waals surface area (Å²) >= 11 is 0. The number of nitrogens with one attached hydrogen (secondary N) is 1. The van der Waals surface area contributed by atoms with Gasteiger partial charge >= 0.3 is 0 Å². The maximum absolute atomic E-state index is 12.9. The van der Waals surface area contributed by atoms with Gasteiger partial charge in [-0.3, -0.25) is 4.79 Å². The van der Waals surface area contributed by atoms with Gasteiger partial charge in [0.1, 0.15) is 5.56 Å². The van der Waals surface area contributed by atoms with Crippen LogP contribution < -0.4 is 5.32 Å². The molecule has 1 amide bonds. The molecule has 6 nitrogen and oxygen atoms in total. The minimum atomic E-state index is -0.191. The first-order valence-corrected chi connectivity index (χ1v) is 9.98. The van der Waals surface area contributed by atoms with Gasteiger partial charge in [0.25, 0.3) is 5.91 Å². The van der Waals surface area contributed by atoms with Crippen LogP contribution in [0.2, 0.25) is 0 Å². The highest BCUT2D eigenvalue weighted by Gasteiger charge is 2.23. The van der Waals surface area contributed by atoms with Crippen LogP contribution in [0.25, 0.3) is 16.9 Å². The molecule has 0 aliphatic carbocycles. The quantitative estimate of drug-likeness (QED) is 0.500. The maximum Gasteiger partial charge on any atom is 0.257 e. The molecule has 2 heterocycles. The predicted octanol–water partition coefficient (Wildman–Crippen LogP) is 4.89. The topological polar surface area (TPSA) is 73.0 Å². The summed E-state index contributed by atoms with van der Waals surface area (Å²) in [6, 6.07) is 19.9. The van der Waals surface area contributed by atoms with Crippen molar-refractivity contribution in [2.75, 3.05) is 0 Å². The molecule has 2 aromatic heterocycles. The second-order valence-corrected chi connectivity index (χ2v) is 7.49. The van der Waals surface area contributed by atoms with Crippen LogP contribution in [0.3, 0.4) is 0 Å². The maximum atomic E-state index is 12.9. The average molecular weight is 400 g/mol. The molecular weight excluding hydrogens is 376 g/mol. The first-order chi connectivity index (χ1) is 14.5. The standard InChI is InChI=1S/C24H24N4O2/c1-16(2)23-21(17(3)27-30-23)24(29)25-14-19-15-28(20-12-8-5-9-13-20)26-22(19)18-10-6-4-7-11-18/h4-13,15-16H,14H2,1-3H3,(H,25,29). The molecule has 0 spiro atoms. The van der Waals surface area contributed by atoms with Crippen molar-refractivity contribution in [1.82, 2.24) is 20.3 Å². The van der Waals surface area contributed by atoms with Crippen molar-refractivity contribution in [3.05, 3.63) is 89.4 Å². The molecule has 0 unspecified atom stereocenters. The van der Waals surface area contributed by atoms with E-state index in [2.05, 4.69) is 10.5 Å². The normalized spacial score (nSPS) is 11.1. The fraction of sp³-hybridized carbons (Fsp3) is 0.208. The van der Waals surface area contributed by atoms with Gasteiger partial charge in [-0.1, -0.05) is 67.5 Å². The van der Waals surface area contributed by atoms with E-state index in [1.165, 1.54) is 0 Å². The van der Waals surface area contributed by atoms with Crippen molar-refractivity contribution in [2.45, 2.75) is 33.2 Å². The van der Waals surface area contributed by atoms with Gasteiger partial charge in [0.2, 0.25) is 0 Å². The zero-order valence-electron chi connectivity index (χ0n) is 17.3. The summed E-state index contributed by atoms with van der Waals surface area (Å²) in [7, 11) is 0. The van der Waals surface area contributed by atoms with Gasteiger partial charge in [0.15, 0.2) is 5.76 Å². The Labute approximate surface area is 175 Å². The molecule has 0 fully saturated rings. The minimum absolute atomic E-state index is 0.0765. The van der Waals surface area contributed by atoms with Crippen LogP contribution in [0.15, 0.2) is 71.4 Å². The molecule has 0 saturated heterocycles. The first-order valence-electron chi connectivity index (χ1n) is 9.98. The summed E-state index contributed by atoms with van der Waals surface area (Å²) in [6.07, 6.45) is 1.96. The van der Waals surface area contributed by atoms with E-state index in [0.717, 1.165) is 22.5 Å². The molecule has 6 heteroatoms. The van der Waals surface area contributed by atoms with E-state index in [1.54, 1.807) is 6.92 Å². The first kappa shape index (κ1) is 19.6. The van der Waals surface area contributed by atoms with Crippen molar-refractivity contribution in [2.24, 2.45) is 0 Å². The van der Waals surface area contributed by atoms with Crippen LogP contribution in [0.5, 0.6) is 0 Å². The number of nitrogens with zero attached hydrogens (tertiary/aromatic N) is 3. The number of benzene rings is 2. The SMILES string of the molecule is Cc1noc(C(C)C)c1C(=O)NCc1cn(-c2ccccc2)nc1-c1ccccc1. The molecule has 0 aliphatic rings. The summed E-state index contributed by atoms with van der Waals surface area (Å²) < 4.78 is 7.20. The lowest BCUT2D eigenvalue weighted by atomic mass is 10.0. The molecule has 1 N–H and O–H groups in total. The number of aryl methyl sites for hydroxylation is 1. The van der Waals surface area contributed by atoms with Gasteiger partial charge in [0, 0.05) is 29.8 Å². The van der Waals surface area contributed by atoms with E-state index >= 15 is 0 Å². The molecule has 4 rings (SSSR count). The van der Waals surface area contributed by atoms with Crippen molar-refractivity contribution in [3.8, 4) is 16.9 Å². The zero-order valence-corrected chi connectivity index (χ0v) is 17.3. The molecule has 0 radical (unpaired) electrons. The van der Waals surface area contributed by atoms with Crippen molar-refractivity contribution < 1.29 is 9.32 Å². The Hall–Kier alpha value is -3.67. The summed E-state index contributed by atoms with van der Waals surface area (Å²) in [5.41, 5.74) is 4.84. The van der Waals surface area contributed by atoms with Crippen LogP contribution in [0, 0.1) is 6.92 Å². The van der Waals surface area contributed by atoms with Crippen LogP contribution in [-0.4, -0.2) is 20.8 Å². The smallest absolute Gasteiger partial charge is 0.257 e. The van der Waals surface area contributed by atoms with Gasteiger partial charge in [-0.2, -0.15) is 5.10 Å². The summed E-state index contributed by atoms with van der Waals surface area (Å²) in [6.45, 7) is 6.09. The summed E-state index contributed by atoms with van der Waals surface area (Å²) in [4.78, 5) is 12.9. The van der Waals surface area contributed by atoms with Crippen molar-refractivity contribution in [1.29, 1.82) is 0 Å². The molecule has 0 aliphatic heterocycles. The predicted molar refractivity (Wildman–Crippen MR) is 115 cm³/mol. The third-order valence-electron chi connectivity index (χ3n) is 4.94. The number of aromatic nitrogens is 3. The average Bonchev–Trinajstić information content (AvgIpc) is 3.37. The van der Waals surface area contributed by atoms with E-state index in [4.69, 9.17) is 9.62 Å². The van der Waals surface area contributed by atoms with E-state index in [9.17, 15) is 4.79 Å². The highest BCUT2D eigenvalue weighted by atomic mass is 16.5.